The Labute approximate surface area is 170 Å². The van der Waals surface area contributed by atoms with Crippen molar-refractivity contribution in [1.82, 2.24) is 4.90 Å². The lowest BCUT2D eigenvalue weighted by molar-refractivity contribution is -0.148. The molecule has 0 aromatic carbocycles. The molecule has 0 aromatic rings. The number of β-amino-alcohol motifs (C(OH)–C–C–N with tert-alkyl or cyclic N) is 1. The van der Waals surface area contributed by atoms with Crippen LogP contribution < -0.4 is 0 Å². The first-order chi connectivity index (χ1) is 13.6. The molecule has 0 aliphatic carbocycles. The van der Waals surface area contributed by atoms with Crippen LogP contribution in [0.5, 0.6) is 0 Å². The van der Waals surface area contributed by atoms with Crippen molar-refractivity contribution in [3.8, 4) is 0 Å². The van der Waals surface area contributed by atoms with Gasteiger partial charge in [-0.2, -0.15) is 0 Å². The van der Waals surface area contributed by atoms with E-state index in [0.717, 1.165) is 38.5 Å². The lowest BCUT2D eigenvalue weighted by Gasteiger charge is -2.21. The molecule has 0 spiro atoms. The molecule has 0 saturated carbocycles. The second-order valence-corrected chi connectivity index (χ2v) is 7.77. The van der Waals surface area contributed by atoms with E-state index in [-0.39, 0.29) is 18.9 Å². The van der Waals surface area contributed by atoms with Crippen molar-refractivity contribution in [2.45, 2.75) is 103 Å². The highest BCUT2D eigenvalue weighted by Crippen LogP contribution is 2.20. The van der Waals surface area contributed by atoms with Gasteiger partial charge in [-0.15, -0.1) is 0 Å². The lowest BCUT2D eigenvalue weighted by Crippen LogP contribution is -2.40. The molecule has 5 heteroatoms. The quantitative estimate of drug-likeness (QED) is 0.308. The van der Waals surface area contributed by atoms with Gasteiger partial charge in [0.15, 0.2) is 0 Å². The zero-order valence-electron chi connectivity index (χ0n) is 17.5. The highest BCUT2D eigenvalue weighted by molar-refractivity contribution is 5.84. The maximum atomic E-state index is 12.2. The minimum absolute atomic E-state index is 0.142. The van der Waals surface area contributed by atoms with Crippen LogP contribution >= 0.6 is 0 Å². The number of carbonyl (C=O) groups is 2. The molecule has 2 unspecified atom stereocenters. The number of carboxylic acids is 1. The van der Waals surface area contributed by atoms with Crippen LogP contribution in [0.2, 0.25) is 0 Å². The summed E-state index contributed by atoms with van der Waals surface area (Å²) in [6.07, 6.45) is 21.2. The van der Waals surface area contributed by atoms with Gasteiger partial charge in [-0.3, -0.25) is 4.79 Å². The molecule has 1 aliphatic heterocycles. The van der Waals surface area contributed by atoms with Gasteiger partial charge >= 0.3 is 5.97 Å². The SMILES string of the molecule is CCCCCC=CCC=CCCCCCCCC(=O)N1CC(O)CC1C(=O)O. The van der Waals surface area contributed by atoms with E-state index < -0.39 is 18.1 Å². The molecule has 0 radical (unpaired) electrons. The number of nitrogens with zero attached hydrogens (tertiary/aromatic N) is 1. The minimum atomic E-state index is -1.02. The molecule has 28 heavy (non-hydrogen) atoms. The van der Waals surface area contributed by atoms with Gasteiger partial charge in [-0.1, -0.05) is 63.3 Å². The summed E-state index contributed by atoms with van der Waals surface area (Å²) in [6, 6.07) is -0.861. The first-order valence-corrected chi connectivity index (χ1v) is 11.1. The van der Waals surface area contributed by atoms with Crippen molar-refractivity contribution in [3.63, 3.8) is 0 Å². The average Bonchev–Trinajstić information content (AvgIpc) is 3.07. The summed E-state index contributed by atoms with van der Waals surface area (Å²) in [7, 11) is 0. The van der Waals surface area contributed by atoms with Crippen molar-refractivity contribution in [1.29, 1.82) is 0 Å². The Balaban J connectivity index is 1.98. The van der Waals surface area contributed by atoms with Crippen molar-refractivity contribution in [2.24, 2.45) is 0 Å². The van der Waals surface area contributed by atoms with E-state index in [1.54, 1.807) is 0 Å². The number of aliphatic hydroxyl groups excluding tert-OH is 1. The molecule has 1 heterocycles. The fourth-order valence-corrected chi connectivity index (χ4v) is 3.55. The Morgan fingerprint density at radius 3 is 2.18 bits per heavy atom. The number of allylic oxidation sites excluding steroid dienone is 4. The molecule has 160 valence electrons. The third kappa shape index (κ3) is 10.6. The summed E-state index contributed by atoms with van der Waals surface area (Å²) in [5.41, 5.74) is 0. The molecule has 1 saturated heterocycles. The van der Waals surface area contributed by atoms with Crippen LogP contribution in [-0.2, 0) is 9.59 Å². The van der Waals surface area contributed by atoms with Gasteiger partial charge in [0.05, 0.1) is 6.10 Å². The highest BCUT2D eigenvalue weighted by atomic mass is 16.4. The Kier molecular flexibility index (Phi) is 13.4. The van der Waals surface area contributed by atoms with Gasteiger partial charge in [-0.05, 0) is 38.5 Å². The van der Waals surface area contributed by atoms with Crippen LogP contribution in [0.1, 0.15) is 90.4 Å². The van der Waals surface area contributed by atoms with Gasteiger partial charge in [0.2, 0.25) is 5.91 Å². The van der Waals surface area contributed by atoms with Gasteiger partial charge < -0.3 is 15.1 Å². The van der Waals surface area contributed by atoms with Gasteiger partial charge in [0.1, 0.15) is 6.04 Å². The molecule has 1 rings (SSSR count). The molecule has 5 nitrogen and oxygen atoms in total. The number of carbonyl (C=O) groups excluding carboxylic acids is 1. The topological polar surface area (TPSA) is 77.8 Å². The molecule has 2 atom stereocenters. The van der Waals surface area contributed by atoms with Crippen LogP contribution in [0.25, 0.3) is 0 Å². The summed E-state index contributed by atoms with van der Waals surface area (Å²) in [5, 5.41) is 18.7. The predicted octanol–water partition coefficient (Wildman–Crippen LogP) is 4.85. The van der Waals surface area contributed by atoms with Gasteiger partial charge in [0, 0.05) is 19.4 Å². The number of rotatable bonds is 15. The molecule has 2 N–H and O–H groups in total. The summed E-state index contributed by atoms with van der Waals surface area (Å²) in [4.78, 5) is 24.7. The number of aliphatic hydroxyl groups is 1. The number of hydrogen-bond donors (Lipinski definition) is 2. The van der Waals surface area contributed by atoms with Crippen LogP contribution in [0.15, 0.2) is 24.3 Å². The average molecular weight is 394 g/mol. The van der Waals surface area contributed by atoms with E-state index in [4.69, 9.17) is 5.11 Å². The fourth-order valence-electron chi connectivity index (χ4n) is 3.55. The summed E-state index contributed by atoms with van der Waals surface area (Å²) >= 11 is 0. The van der Waals surface area contributed by atoms with Crippen LogP contribution in [-0.4, -0.2) is 45.7 Å². The standard InChI is InChI=1S/C23H39NO4/c1-2-3-4-5-6-7-8-9-10-11-12-13-14-15-16-17-22(26)24-19-20(25)18-21(24)23(27)28/h6-7,9-10,20-21,25H,2-5,8,11-19H2,1H3,(H,27,28). The Hall–Kier alpha value is -1.62. The largest absolute Gasteiger partial charge is 0.480 e. The number of hydrogen-bond acceptors (Lipinski definition) is 3. The van der Waals surface area contributed by atoms with E-state index >= 15 is 0 Å². The van der Waals surface area contributed by atoms with E-state index in [1.165, 1.54) is 37.0 Å². The number of carboxylic acid groups (broad SMARTS) is 1. The van der Waals surface area contributed by atoms with Gasteiger partial charge in [-0.25, -0.2) is 4.79 Å². The molecular formula is C23H39NO4. The Morgan fingerprint density at radius 2 is 1.54 bits per heavy atom. The van der Waals surface area contributed by atoms with E-state index in [2.05, 4.69) is 31.2 Å². The third-order valence-electron chi connectivity index (χ3n) is 5.23. The predicted molar refractivity (Wildman–Crippen MR) is 113 cm³/mol. The van der Waals surface area contributed by atoms with Crippen molar-refractivity contribution >= 4 is 11.9 Å². The first kappa shape index (κ1) is 24.4. The smallest absolute Gasteiger partial charge is 0.326 e. The normalized spacial score (nSPS) is 19.9. The van der Waals surface area contributed by atoms with Crippen molar-refractivity contribution < 1.29 is 19.8 Å². The maximum Gasteiger partial charge on any atom is 0.326 e. The molecule has 1 amide bonds. The second kappa shape index (κ2) is 15.3. The highest BCUT2D eigenvalue weighted by Gasteiger charge is 2.38. The van der Waals surface area contributed by atoms with Crippen LogP contribution in [0.4, 0.5) is 0 Å². The molecule has 0 bridgehead atoms. The monoisotopic (exact) mass is 393 g/mol. The Morgan fingerprint density at radius 1 is 0.929 bits per heavy atom. The molecular weight excluding hydrogens is 354 g/mol. The molecule has 0 aromatic heterocycles. The summed E-state index contributed by atoms with van der Waals surface area (Å²) < 4.78 is 0. The number of aliphatic carboxylic acids is 1. The summed E-state index contributed by atoms with van der Waals surface area (Å²) in [6.45, 7) is 2.37. The molecule has 1 fully saturated rings. The Bertz CT molecular complexity index is 501. The lowest BCUT2D eigenvalue weighted by atomic mass is 10.1. The van der Waals surface area contributed by atoms with E-state index in [9.17, 15) is 14.7 Å². The summed E-state index contributed by atoms with van der Waals surface area (Å²) in [5.74, 6) is -1.17. The third-order valence-corrected chi connectivity index (χ3v) is 5.23. The number of unbranched alkanes of at least 4 members (excludes halogenated alkanes) is 8. The van der Waals surface area contributed by atoms with Crippen LogP contribution in [0.3, 0.4) is 0 Å². The zero-order valence-corrected chi connectivity index (χ0v) is 17.5. The van der Waals surface area contributed by atoms with Crippen molar-refractivity contribution in [2.75, 3.05) is 6.54 Å². The minimum Gasteiger partial charge on any atom is -0.480 e. The van der Waals surface area contributed by atoms with E-state index in [1.807, 2.05) is 0 Å². The number of amides is 1. The van der Waals surface area contributed by atoms with Crippen LogP contribution in [0, 0.1) is 0 Å². The first-order valence-electron chi connectivity index (χ1n) is 11.1. The maximum absolute atomic E-state index is 12.2. The number of likely N-dealkylation sites (tertiary alicyclic amines) is 1. The second-order valence-electron chi connectivity index (χ2n) is 7.77. The molecule has 1 aliphatic rings. The van der Waals surface area contributed by atoms with Crippen molar-refractivity contribution in [3.05, 3.63) is 24.3 Å². The van der Waals surface area contributed by atoms with Gasteiger partial charge in [0.25, 0.3) is 0 Å². The van der Waals surface area contributed by atoms with E-state index in [0.29, 0.717) is 6.42 Å². The fraction of sp³-hybridized carbons (Fsp3) is 0.739. The zero-order chi connectivity index (χ0) is 20.6.